The molecule has 2 aromatic heterocycles. The second kappa shape index (κ2) is 34.1. The van der Waals surface area contributed by atoms with Crippen molar-refractivity contribution in [1.29, 1.82) is 0 Å². The second-order valence-corrected chi connectivity index (χ2v) is 31.2. The Hall–Kier alpha value is -17.7. The number of methoxy groups -OCH3 is 4. The van der Waals surface area contributed by atoms with Crippen molar-refractivity contribution in [2.75, 3.05) is 54.6 Å². The monoisotopic (exact) mass is 1740 g/mol. The summed E-state index contributed by atoms with van der Waals surface area (Å²) in [7, 11) is 6.08. The molecule has 130 heavy (non-hydrogen) atoms. The molecule has 13 heterocycles. The van der Waals surface area contributed by atoms with E-state index in [9.17, 15) is 71.9 Å². The molecule has 4 saturated heterocycles. The minimum absolute atomic E-state index is 0.111. The fourth-order valence-corrected chi connectivity index (χ4v) is 16.2. The fourth-order valence-electron chi connectivity index (χ4n) is 16.2. The normalized spacial score (nSPS) is 20.2. The van der Waals surface area contributed by atoms with Crippen LogP contribution < -0.4 is 77.4 Å². The highest BCUT2D eigenvalue weighted by Crippen LogP contribution is 2.35. The molecule has 648 valence electrons. The Morgan fingerprint density at radius 2 is 0.700 bits per heavy atom. The Morgan fingerprint density at radius 3 is 1.10 bits per heavy atom. The number of pyridine rings is 1. The lowest BCUT2D eigenvalue weighted by Crippen LogP contribution is -2.54. The number of urea groups is 4. The molecule has 4 atom stereocenters. The lowest BCUT2D eigenvalue weighted by molar-refractivity contribution is -0.123. The molecule has 9 aromatic rings. The summed E-state index contributed by atoms with van der Waals surface area (Å²) in [6, 6.07) is 37.2. The van der Waals surface area contributed by atoms with Gasteiger partial charge in [-0.2, -0.15) is 0 Å². The van der Waals surface area contributed by atoms with Crippen molar-refractivity contribution in [3.63, 3.8) is 0 Å². The highest BCUT2D eigenvalue weighted by Gasteiger charge is 2.53. The van der Waals surface area contributed by atoms with E-state index >= 15 is 0 Å². The van der Waals surface area contributed by atoms with Crippen molar-refractivity contribution in [2.45, 2.75) is 68.0 Å². The molecule has 11 N–H and O–H groups in total. The molecule has 0 unspecified atom stereocenters. The van der Waals surface area contributed by atoms with Crippen LogP contribution in [0.2, 0.25) is 0 Å². The van der Waals surface area contributed by atoms with Crippen molar-refractivity contribution < 1.29 is 90.9 Å². The first-order valence-corrected chi connectivity index (χ1v) is 40.1. The largest absolute Gasteiger partial charge is 0.497 e. The Morgan fingerprint density at radius 1 is 0.338 bits per heavy atom. The van der Waals surface area contributed by atoms with Gasteiger partial charge in [-0.05, 0) is 142 Å². The van der Waals surface area contributed by atoms with Crippen molar-refractivity contribution >= 4 is 89.1 Å². The minimum Gasteiger partial charge on any atom is -0.497 e. The zero-order valence-corrected chi connectivity index (χ0v) is 69.3. The topological polar surface area (TPSA) is 477 Å². The number of carbonyl (C=O) groups excluding carboxylic acids is 15. The van der Waals surface area contributed by atoms with Crippen LogP contribution in [0.3, 0.4) is 0 Å². The average molecular weight is 1750 g/mol. The quantitative estimate of drug-likeness (QED) is 0.0584. The Kier molecular flexibility index (Phi) is 22.1. The molecule has 4 fully saturated rings. The zero-order chi connectivity index (χ0) is 91.1. The Labute approximate surface area is 738 Å². The third-order valence-corrected chi connectivity index (χ3v) is 23.0. The maximum absolute atomic E-state index is 13.0. The number of hydrogen-bond acceptors (Lipinski definition) is 22. The minimum atomic E-state index is -1.61. The molecule has 7 aromatic carbocycles. The van der Waals surface area contributed by atoms with E-state index in [0.717, 1.165) is 44.5 Å². The van der Waals surface area contributed by atoms with E-state index in [-0.39, 0.29) is 87.2 Å². The van der Waals surface area contributed by atoms with Crippen LogP contribution in [0.1, 0.15) is 134 Å². The molecular formula is C93H72N18O19. The number of hydrogen-bond donors (Lipinski definition) is 11. The number of carbonyl (C=O) groups is 15. The summed E-state index contributed by atoms with van der Waals surface area (Å²) in [5.41, 5.74) is 6.51. The molecule has 11 aliphatic heterocycles. The van der Waals surface area contributed by atoms with Crippen molar-refractivity contribution in [3.8, 4) is 81.6 Å². The van der Waals surface area contributed by atoms with Gasteiger partial charge in [0.1, 0.15) is 29.3 Å². The second-order valence-electron chi connectivity index (χ2n) is 31.2. The maximum atomic E-state index is 13.0. The molecule has 0 bridgehead atoms. The van der Waals surface area contributed by atoms with E-state index in [1.54, 1.807) is 152 Å². The molecule has 0 saturated carbocycles. The van der Waals surface area contributed by atoms with Gasteiger partial charge in [0, 0.05) is 131 Å². The lowest BCUT2D eigenvalue weighted by atomic mass is 9.97. The van der Waals surface area contributed by atoms with Gasteiger partial charge >= 0.3 is 24.1 Å². The van der Waals surface area contributed by atoms with E-state index in [1.807, 2.05) is 6.07 Å². The van der Waals surface area contributed by atoms with Crippen LogP contribution in [0, 0.1) is 47.4 Å². The Bertz CT molecular complexity index is 6790. The van der Waals surface area contributed by atoms with Gasteiger partial charge in [0.2, 0.25) is 22.2 Å². The Balaban J connectivity index is 0.000000121. The molecule has 0 spiro atoms. The summed E-state index contributed by atoms with van der Waals surface area (Å²) in [4.78, 5) is 204. The highest BCUT2D eigenvalue weighted by atomic mass is 16.5. The van der Waals surface area contributed by atoms with Gasteiger partial charge in [0.25, 0.3) is 65.0 Å². The number of amides is 19. The number of imide groups is 4. The fraction of sp³-hybridized carbons (Fsp3) is 0.204. The first-order valence-electron chi connectivity index (χ1n) is 40.1. The standard InChI is InChI=1S/C24H18N6O4.3C23H18N4O5/c1-34-18-4-3-16-12-30(21(31)19(16)8-18)13-24(22(32)28-23(33)29-24)7-6-15-2-5-20(27-9-15)17-10-25-14-26-11-17;1-32-16-4-3-14-11-27(20(29)18(14)9-16)12-23(21(30)25-22(31)26-23)7-6-13-2-5-17-15(8-13)10-24-19(17)28;1-32-16-5-4-15-11-27(20(29)18(15)9-16)12-23(21(30)25-22(31)26-23)7-6-13-2-3-14-10-24-19(28)17(14)8-13;1-32-15-6-5-14-11-27(20(29)17(14)9-15)12-23(21(30)25-22(31)26-23)8-7-13-3-2-4-16-18(13)10-24-19(16)28/h2-5,8-11,14H,12-13H2,1H3,(H2,28,29,32,33);2*2-5,8-9H,10-12H2,1H3,(H,24,28)(H2,25,26,30,31);2-6,9H,10-12H2,1H3,(H,24,28)(H2,25,26,30,31)/t24-;3*23-/m1111/s1. The summed E-state index contributed by atoms with van der Waals surface area (Å²) in [6.45, 7) is 1.89. The van der Waals surface area contributed by atoms with Gasteiger partial charge in [-0.15, -0.1) is 0 Å². The van der Waals surface area contributed by atoms with Gasteiger partial charge < -0.3 is 75.8 Å². The van der Waals surface area contributed by atoms with Crippen LogP contribution in [0.4, 0.5) is 19.2 Å². The highest BCUT2D eigenvalue weighted by molar-refractivity contribution is 6.14. The SMILES string of the molecule is COc1ccc2c(c1)C(=O)N(C[C@@]1(C#Cc3ccc(-c4cncnc4)nc3)NC(=O)NC1=O)C2.COc1ccc2c(c1)C(=O)N(C[C@@]1(C#Cc3ccc4c(c3)C(=O)NC4)NC(=O)NC1=O)C2.COc1ccc2c(c1)C(=O)N(C[C@@]1(C#Cc3ccc4c(c3)CNC4=O)NC(=O)NC1=O)C2.COc1ccc2c(c1)C(=O)N(C[C@@]1(C#Cc3cccc4c3CNC4=O)NC(=O)NC1=O)C2. The number of nitrogens with one attached hydrogen (secondary N) is 11. The summed E-state index contributed by atoms with van der Waals surface area (Å²) < 4.78 is 20.8. The third kappa shape index (κ3) is 16.4. The first kappa shape index (κ1) is 84.5. The number of rotatable bonds is 13. The number of aromatic nitrogens is 3. The number of benzene rings is 7. The van der Waals surface area contributed by atoms with E-state index < -0.39 is 69.9 Å². The van der Waals surface area contributed by atoms with Gasteiger partial charge in [0.15, 0.2) is 0 Å². The lowest BCUT2D eigenvalue weighted by Gasteiger charge is -2.26. The van der Waals surface area contributed by atoms with Gasteiger partial charge in [-0.3, -0.25) is 79.0 Å². The van der Waals surface area contributed by atoms with Crippen molar-refractivity contribution in [3.05, 3.63) is 265 Å². The molecule has 20 rings (SSSR count). The summed E-state index contributed by atoms with van der Waals surface area (Å²) in [5, 5.41) is 27.4. The summed E-state index contributed by atoms with van der Waals surface area (Å²) >= 11 is 0. The first-order chi connectivity index (χ1) is 62.6. The van der Waals surface area contributed by atoms with E-state index in [2.05, 4.69) is 121 Å². The number of ether oxygens (including phenoxy) is 4. The van der Waals surface area contributed by atoms with E-state index in [4.69, 9.17) is 18.9 Å². The van der Waals surface area contributed by atoms with Gasteiger partial charge in [-0.1, -0.05) is 83.8 Å². The molecule has 37 nitrogen and oxygen atoms in total. The van der Waals surface area contributed by atoms with E-state index in [0.29, 0.717) is 116 Å². The zero-order valence-electron chi connectivity index (χ0n) is 69.3. The molecule has 0 radical (unpaired) electrons. The predicted octanol–water partition coefficient (Wildman–Crippen LogP) is 2.71. The smallest absolute Gasteiger partial charge is 0.323 e. The van der Waals surface area contributed by atoms with Gasteiger partial charge in [-0.25, -0.2) is 29.1 Å². The molecule has 37 heteroatoms. The van der Waals surface area contributed by atoms with E-state index in [1.165, 1.54) is 54.4 Å². The van der Waals surface area contributed by atoms with Crippen molar-refractivity contribution in [1.82, 2.24) is 93.0 Å². The van der Waals surface area contributed by atoms with Crippen LogP contribution in [0.5, 0.6) is 23.0 Å². The molecule has 11 aliphatic rings. The molecular weight excluding hydrogens is 1670 g/mol. The predicted molar refractivity (Wildman–Crippen MR) is 454 cm³/mol. The third-order valence-electron chi connectivity index (χ3n) is 23.0. The molecule has 19 amide bonds. The number of nitrogens with zero attached hydrogens (tertiary/aromatic N) is 7. The molecule has 0 aliphatic carbocycles. The van der Waals surface area contributed by atoms with Crippen LogP contribution >= 0.6 is 0 Å². The van der Waals surface area contributed by atoms with Crippen LogP contribution in [0.25, 0.3) is 11.3 Å². The average Bonchev–Trinajstić information content (AvgIpc) is 1.63. The maximum Gasteiger partial charge on any atom is 0.323 e. The van der Waals surface area contributed by atoms with Crippen LogP contribution in [-0.4, -0.2) is 200 Å². The van der Waals surface area contributed by atoms with Crippen LogP contribution in [-0.2, 0) is 65.0 Å². The van der Waals surface area contributed by atoms with Crippen LogP contribution in [0.15, 0.2) is 164 Å². The summed E-state index contributed by atoms with van der Waals surface area (Å²) in [5.74, 6) is 21.3. The van der Waals surface area contributed by atoms with Gasteiger partial charge in [0.05, 0.1) is 60.3 Å². The number of fused-ring (bicyclic) bond motifs is 7. The van der Waals surface area contributed by atoms with Crippen molar-refractivity contribution in [2.24, 2.45) is 0 Å². The summed E-state index contributed by atoms with van der Waals surface area (Å²) in [6.07, 6.45) is 6.29.